The summed E-state index contributed by atoms with van der Waals surface area (Å²) in [6.45, 7) is 1.28. The Kier molecular flexibility index (Phi) is 2.91. The molecule has 2 aromatic rings. The molecule has 0 radical (unpaired) electrons. The van der Waals surface area contributed by atoms with E-state index in [1.165, 1.54) is 11.8 Å². The van der Waals surface area contributed by atoms with E-state index in [4.69, 9.17) is 0 Å². The third-order valence-electron chi connectivity index (χ3n) is 2.73. The summed E-state index contributed by atoms with van der Waals surface area (Å²) in [7, 11) is 1.62. The van der Waals surface area contributed by atoms with Crippen LogP contribution in [-0.4, -0.2) is 18.7 Å². The summed E-state index contributed by atoms with van der Waals surface area (Å²) in [5.41, 5.74) is 0.753. The van der Waals surface area contributed by atoms with Crippen molar-refractivity contribution in [3.05, 3.63) is 42.5 Å². The first-order chi connectivity index (χ1) is 8.11. The summed E-state index contributed by atoms with van der Waals surface area (Å²) >= 11 is 0. The van der Waals surface area contributed by atoms with Gasteiger partial charge < -0.3 is 4.90 Å². The van der Waals surface area contributed by atoms with E-state index < -0.39 is 11.7 Å². The highest BCUT2D eigenvalue weighted by atomic mass is 16.2. The highest BCUT2D eigenvalue weighted by molar-refractivity contribution is 6.40. The molecule has 0 aliphatic heterocycles. The van der Waals surface area contributed by atoms with Gasteiger partial charge in [0.15, 0.2) is 0 Å². The normalized spacial score (nSPS) is 10.2. The lowest BCUT2D eigenvalue weighted by Gasteiger charge is -2.17. The summed E-state index contributed by atoms with van der Waals surface area (Å²) in [5.74, 6) is -0.957. The number of carbonyl (C=O) groups excluding carboxylic acids is 2. The van der Waals surface area contributed by atoms with Crippen LogP contribution in [0.1, 0.15) is 6.92 Å². The van der Waals surface area contributed by atoms with Crippen LogP contribution < -0.4 is 4.90 Å². The Balaban J connectivity index is 2.56. The van der Waals surface area contributed by atoms with Gasteiger partial charge in [0.2, 0.25) is 5.78 Å². The maximum absolute atomic E-state index is 11.7. The van der Waals surface area contributed by atoms with Gasteiger partial charge in [-0.25, -0.2) is 0 Å². The molecule has 0 atom stereocenters. The molecule has 0 bridgehead atoms. The largest absolute Gasteiger partial charge is 0.308 e. The average Bonchev–Trinajstić information content (AvgIpc) is 2.36. The standard InChI is InChI=1S/C14H13NO2/c1-10(16)14(17)15(2)13-9-5-7-11-6-3-4-8-12(11)13/h3-9H,1-2H3. The van der Waals surface area contributed by atoms with Crippen molar-refractivity contribution in [1.82, 2.24) is 0 Å². The molecular weight excluding hydrogens is 214 g/mol. The van der Waals surface area contributed by atoms with Gasteiger partial charge in [-0.1, -0.05) is 36.4 Å². The molecule has 3 nitrogen and oxygen atoms in total. The van der Waals surface area contributed by atoms with Crippen LogP contribution in [0.15, 0.2) is 42.5 Å². The second kappa shape index (κ2) is 4.37. The van der Waals surface area contributed by atoms with Gasteiger partial charge in [0.05, 0.1) is 5.69 Å². The smallest absolute Gasteiger partial charge is 0.293 e. The minimum absolute atomic E-state index is 0.458. The number of hydrogen-bond acceptors (Lipinski definition) is 2. The number of amides is 1. The predicted molar refractivity (Wildman–Crippen MR) is 68.0 cm³/mol. The van der Waals surface area contributed by atoms with Gasteiger partial charge in [0, 0.05) is 19.4 Å². The molecule has 0 saturated heterocycles. The van der Waals surface area contributed by atoms with Gasteiger partial charge >= 0.3 is 0 Å². The second-order valence-corrected chi connectivity index (χ2v) is 3.92. The summed E-state index contributed by atoms with van der Waals surface area (Å²) in [4.78, 5) is 24.2. The molecule has 86 valence electrons. The van der Waals surface area contributed by atoms with Crippen LogP contribution in [0.4, 0.5) is 5.69 Å². The molecule has 0 spiro atoms. The van der Waals surface area contributed by atoms with E-state index in [1.807, 2.05) is 42.5 Å². The fourth-order valence-electron chi connectivity index (χ4n) is 1.85. The molecule has 0 saturated carbocycles. The van der Waals surface area contributed by atoms with Crippen molar-refractivity contribution in [3.8, 4) is 0 Å². The fourth-order valence-corrected chi connectivity index (χ4v) is 1.85. The highest BCUT2D eigenvalue weighted by Gasteiger charge is 2.16. The number of Topliss-reactive ketones (excluding diaryl/α,β-unsaturated/α-hetero) is 1. The van der Waals surface area contributed by atoms with Gasteiger partial charge in [-0.2, -0.15) is 0 Å². The molecule has 3 heteroatoms. The Morgan fingerprint density at radius 2 is 1.65 bits per heavy atom. The van der Waals surface area contributed by atoms with Crippen LogP contribution in [-0.2, 0) is 9.59 Å². The van der Waals surface area contributed by atoms with Gasteiger partial charge in [0.25, 0.3) is 5.91 Å². The van der Waals surface area contributed by atoms with Crippen LogP contribution in [0.2, 0.25) is 0 Å². The number of nitrogens with zero attached hydrogens (tertiary/aromatic N) is 1. The first-order valence-electron chi connectivity index (χ1n) is 5.37. The van der Waals surface area contributed by atoms with Crippen molar-refractivity contribution < 1.29 is 9.59 Å². The second-order valence-electron chi connectivity index (χ2n) is 3.92. The number of fused-ring (bicyclic) bond motifs is 1. The fraction of sp³-hybridized carbons (Fsp3) is 0.143. The van der Waals surface area contributed by atoms with E-state index >= 15 is 0 Å². The van der Waals surface area contributed by atoms with Gasteiger partial charge in [-0.15, -0.1) is 0 Å². The van der Waals surface area contributed by atoms with Crippen molar-refractivity contribution >= 4 is 28.2 Å². The molecule has 2 rings (SSSR count). The SMILES string of the molecule is CC(=O)C(=O)N(C)c1cccc2ccccc12. The number of benzene rings is 2. The zero-order chi connectivity index (χ0) is 12.4. The maximum atomic E-state index is 11.7. The number of rotatable bonds is 2. The number of likely N-dealkylation sites (N-methyl/N-ethyl adjacent to an activating group) is 1. The first-order valence-corrected chi connectivity index (χ1v) is 5.37. The third kappa shape index (κ3) is 2.04. The maximum Gasteiger partial charge on any atom is 0.293 e. The summed E-state index contributed by atoms with van der Waals surface area (Å²) < 4.78 is 0. The molecule has 0 unspecified atom stereocenters. The monoisotopic (exact) mass is 227 g/mol. The molecule has 0 aliphatic carbocycles. The first kappa shape index (κ1) is 11.3. The third-order valence-corrected chi connectivity index (χ3v) is 2.73. The van der Waals surface area contributed by atoms with Crippen LogP contribution in [0.5, 0.6) is 0 Å². The van der Waals surface area contributed by atoms with E-state index in [1.54, 1.807) is 7.05 Å². The van der Waals surface area contributed by atoms with Crippen LogP contribution in [0.3, 0.4) is 0 Å². The quantitative estimate of drug-likeness (QED) is 0.739. The molecule has 0 heterocycles. The minimum atomic E-state index is -0.499. The van der Waals surface area contributed by atoms with Crippen LogP contribution in [0.25, 0.3) is 10.8 Å². The van der Waals surface area contributed by atoms with Crippen molar-refractivity contribution in [2.24, 2.45) is 0 Å². The lowest BCUT2D eigenvalue weighted by atomic mass is 10.1. The molecule has 0 aliphatic rings. The Bertz CT molecular complexity index is 584. The average molecular weight is 227 g/mol. The van der Waals surface area contributed by atoms with E-state index in [0.29, 0.717) is 0 Å². The molecule has 0 aromatic heterocycles. The zero-order valence-corrected chi connectivity index (χ0v) is 9.81. The van der Waals surface area contributed by atoms with Crippen molar-refractivity contribution in [2.75, 3.05) is 11.9 Å². The molecular formula is C14H13NO2. The Morgan fingerprint density at radius 1 is 1.00 bits per heavy atom. The summed E-state index contributed by atoms with van der Waals surface area (Å²) in [6, 6.07) is 13.5. The number of carbonyl (C=O) groups is 2. The van der Waals surface area contributed by atoms with Crippen LogP contribution >= 0.6 is 0 Å². The Morgan fingerprint density at radius 3 is 2.35 bits per heavy atom. The van der Waals surface area contributed by atoms with E-state index in [0.717, 1.165) is 16.5 Å². The van der Waals surface area contributed by atoms with Gasteiger partial charge in [0.1, 0.15) is 0 Å². The number of anilines is 1. The predicted octanol–water partition coefficient (Wildman–Crippen LogP) is 2.39. The number of hydrogen-bond donors (Lipinski definition) is 0. The topological polar surface area (TPSA) is 37.4 Å². The zero-order valence-electron chi connectivity index (χ0n) is 9.81. The lowest BCUT2D eigenvalue weighted by molar-refractivity contribution is -0.134. The van der Waals surface area contributed by atoms with E-state index in [-0.39, 0.29) is 0 Å². The van der Waals surface area contributed by atoms with Crippen molar-refractivity contribution in [1.29, 1.82) is 0 Å². The molecule has 0 N–H and O–H groups in total. The number of ketones is 1. The lowest BCUT2D eigenvalue weighted by Crippen LogP contribution is -2.31. The van der Waals surface area contributed by atoms with E-state index in [9.17, 15) is 9.59 Å². The van der Waals surface area contributed by atoms with E-state index in [2.05, 4.69) is 0 Å². The van der Waals surface area contributed by atoms with Crippen LogP contribution in [0, 0.1) is 0 Å². The van der Waals surface area contributed by atoms with Crippen molar-refractivity contribution in [3.63, 3.8) is 0 Å². The molecule has 0 fully saturated rings. The summed E-state index contributed by atoms with van der Waals surface area (Å²) in [6.07, 6.45) is 0. The van der Waals surface area contributed by atoms with Crippen molar-refractivity contribution in [2.45, 2.75) is 6.92 Å². The summed E-state index contributed by atoms with van der Waals surface area (Å²) in [5, 5.41) is 2.01. The highest BCUT2D eigenvalue weighted by Crippen LogP contribution is 2.25. The van der Waals surface area contributed by atoms with Gasteiger partial charge in [-0.05, 0) is 11.5 Å². The molecule has 2 aromatic carbocycles. The molecule has 1 amide bonds. The molecule has 17 heavy (non-hydrogen) atoms. The minimum Gasteiger partial charge on any atom is -0.308 e. The Labute approximate surface area is 99.7 Å². The Hall–Kier alpha value is -2.16. The van der Waals surface area contributed by atoms with Gasteiger partial charge in [-0.3, -0.25) is 9.59 Å².